The number of alkyl halides is 2. The number of benzene rings is 1. The number of carbonyl (C=O) groups is 1. The molecule has 0 spiro atoms. The number of amides is 1. The van der Waals surface area contributed by atoms with Crippen molar-refractivity contribution in [1.29, 1.82) is 0 Å². The van der Waals surface area contributed by atoms with Crippen LogP contribution in [0.25, 0.3) is 0 Å². The van der Waals surface area contributed by atoms with E-state index < -0.39 is 13.0 Å². The monoisotopic (exact) mass is 338 g/mol. The molecule has 0 atom stereocenters. The van der Waals surface area contributed by atoms with E-state index in [1.54, 1.807) is 26.2 Å². The van der Waals surface area contributed by atoms with Crippen LogP contribution in [-0.2, 0) is 9.53 Å². The van der Waals surface area contributed by atoms with Crippen molar-refractivity contribution >= 4 is 24.0 Å². The lowest BCUT2D eigenvalue weighted by Gasteiger charge is -2.12. The molecule has 1 aromatic rings. The minimum absolute atomic E-state index is 0. The summed E-state index contributed by atoms with van der Waals surface area (Å²) in [5.74, 6) is 0.107. The van der Waals surface area contributed by atoms with Gasteiger partial charge in [0.05, 0.1) is 13.2 Å². The van der Waals surface area contributed by atoms with Crippen molar-refractivity contribution in [3.05, 3.63) is 23.8 Å². The van der Waals surface area contributed by atoms with E-state index in [1.807, 2.05) is 0 Å². The van der Waals surface area contributed by atoms with Gasteiger partial charge in [0, 0.05) is 25.4 Å². The number of hydrogen-bond donors (Lipinski definition) is 2. The Labute approximate surface area is 134 Å². The topological polar surface area (TPSA) is 59.6 Å². The Morgan fingerprint density at radius 2 is 2.09 bits per heavy atom. The van der Waals surface area contributed by atoms with Gasteiger partial charge in [0.15, 0.2) is 0 Å². The lowest BCUT2D eigenvalue weighted by atomic mass is 10.2. The molecule has 2 N–H and O–H groups in total. The largest absolute Gasteiger partial charge is 0.487 e. The molecule has 1 aromatic carbocycles. The number of anilines is 1. The summed E-state index contributed by atoms with van der Waals surface area (Å²) >= 11 is 0. The summed E-state index contributed by atoms with van der Waals surface area (Å²) in [4.78, 5) is 11.7. The first kappa shape index (κ1) is 20.6. The van der Waals surface area contributed by atoms with Crippen LogP contribution in [0.4, 0.5) is 14.5 Å². The Balaban J connectivity index is 0.00000441. The Morgan fingerprint density at radius 3 is 2.73 bits per heavy atom. The van der Waals surface area contributed by atoms with E-state index in [0.717, 1.165) is 5.56 Å². The fourth-order valence-corrected chi connectivity index (χ4v) is 1.57. The number of nitrogens with one attached hydrogen (secondary N) is 2. The summed E-state index contributed by atoms with van der Waals surface area (Å²) in [6.07, 6.45) is -2.53. The standard InChI is InChI=1S/C14H20F2N2O3.ClH/c1-10-3-4-11(7-12(10)21-9-13(15)16)18-14(19)8-17-5-6-20-2;/h3-4,7,13,17H,5-6,8-9H2,1-2H3,(H,18,19);1H. The molecular formula is C14H21ClF2N2O3. The van der Waals surface area contributed by atoms with Crippen molar-refractivity contribution in [2.75, 3.05) is 38.7 Å². The predicted molar refractivity (Wildman–Crippen MR) is 83.3 cm³/mol. The van der Waals surface area contributed by atoms with E-state index in [0.29, 0.717) is 24.6 Å². The van der Waals surface area contributed by atoms with Crippen molar-refractivity contribution < 1.29 is 23.0 Å². The lowest BCUT2D eigenvalue weighted by molar-refractivity contribution is -0.115. The fourth-order valence-electron chi connectivity index (χ4n) is 1.57. The second kappa shape index (κ2) is 11.2. The number of halogens is 3. The molecule has 0 saturated heterocycles. The maximum atomic E-state index is 12.2. The van der Waals surface area contributed by atoms with Gasteiger partial charge in [-0.2, -0.15) is 0 Å². The van der Waals surface area contributed by atoms with Crippen LogP contribution >= 0.6 is 12.4 Å². The normalized spacial score (nSPS) is 10.2. The van der Waals surface area contributed by atoms with Crippen LogP contribution in [0.2, 0.25) is 0 Å². The third-order valence-electron chi connectivity index (χ3n) is 2.61. The average molecular weight is 339 g/mol. The second-order valence-corrected chi connectivity index (χ2v) is 4.40. The molecule has 0 fully saturated rings. The summed E-state index contributed by atoms with van der Waals surface area (Å²) in [5, 5.41) is 5.57. The third-order valence-corrected chi connectivity index (χ3v) is 2.61. The highest BCUT2D eigenvalue weighted by Gasteiger charge is 2.08. The smallest absolute Gasteiger partial charge is 0.272 e. The Hall–Kier alpha value is -1.44. The minimum Gasteiger partial charge on any atom is -0.487 e. The van der Waals surface area contributed by atoms with Crippen LogP contribution in [-0.4, -0.2) is 45.7 Å². The van der Waals surface area contributed by atoms with Gasteiger partial charge in [-0.3, -0.25) is 4.79 Å². The second-order valence-electron chi connectivity index (χ2n) is 4.40. The maximum absolute atomic E-state index is 12.2. The van der Waals surface area contributed by atoms with Crippen LogP contribution in [0.3, 0.4) is 0 Å². The maximum Gasteiger partial charge on any atom is 0.272 e. The van der Waals surface area contributed by atoms with Gasteiger partial charge in [0.25, 0.3) is 6.43 Å². The first-order chi connectivity index (χ1) is 10.0. The summed E-state index contributed by atoms with van der Waals surface area (Å²) in [6.45, 7) is 2.31. The van der Waals surface area contributed by atoms with Crippen LogP contribution in [0.5, 0.6) is 5.75 Å². The van der Waals surface area contributed by atoms with Gasteiger partial charge in [0.1, 0.15) is 12.4 Å². The SMILES string of the molecule is COCCNCC(=O)Nc1ccc(C)c(OCC(F)F)c1.Cl. The van der Waals surface area contributed by atoms with Gasteiger partial charge in [-0.15, -0.1) is 12.4 Å². The van der Waals surface area contributed by atoms with Crippen molar-refractivity contribution in [2.24, 2.45) is 0 Å². The summed E-state index contributed by atoms with van der Waals surface area (Å²) in [7, 11) is 1.58. The van der Waals surface area contributed by atoms with Gasteiger partial charge < -0.3 is 20.1 Å². The van der Waals surface area contributed by atoms with Crippen molar-refractivity contribution in [3.8, 4) is 5.75 Å². The van der Waals surface area contributed by atoms with Gasteiger partial charge in [0.2, 0.25) is 5.91 Å². The highest BCUT2D eigenvalue weighted by Crippen LogP contribution is 2.23. The number of carbonyl (C=O) groups excluding carboxylic acids is 1. The van der Waals surface area contributed by atoms with Crippen LogP contribution in [0, 0.1) is 6.92 Å². The van der Waals surface area contributed by atoms with Gasteiger partial charge >= 0.3 is 0 Å². The molecule has 0 aliphatic heterocycles. The van der Waals surface area contributed by atoms with Crippen molar-refractivity contribution in [2.45, 2.75) is 13.3 Å². The molecule has 0 heterocycles. The summed E-state index contributed by atoms with van der Waals surface area (Å²) < 4.78 is 34.1. The molecule has 22 heavy (non-hydrogen) atoms. The van der Waals surface area contributed by atoms with Crippen molar-refractivity contribution in [1.82, 2.24) is 5.32 Å². The molecule has 0 aliphatic rings. The van der Waals surface area contributed by atoms with E-state index in [4.69, 9.17) is 9.47 Å². The van der Waals surface area contributed by atoms with Crippen LogP contribution < -0.4 is 15.4 Å². The van der Waals surface area contributed by atoms with Gasteiger partial charge in [-0.1, -0.05) is 6.07 Å². The fraction of sp³-hybridized carbons (Fsp3) is 0.500. The average Bonchev–Trinajstić information content (AvgIpc) is 2.44. The molecule has 0 saturated carbocycles. The van der Waals surface area contributed by atoms with E-state index in [-0.39, 0.29) is 24.9 Å². The molecule has 5 nitrogen and oxygen atoms in total. The van der Waals surface area contributed by atoms with E-state index in [2.05, 4.69) is 10.6 Å². The van der Waals surface area contributed by atoms with E-state index in [1.165, 1.54) is 6.07 Å². The number of hydrogen-bond acceptors (Lipinski definition) is 4. The highest BCUT2D eigenvalue weighted by molar-refractivity contribution is 5.92. The lowest BCUT2D eigenvalue weighted by Crippen LogP contribution is -2.30. The van der Waals surface area contributed by atoms with E-state index in [9.17, 15) is 13.6 Å². The van der Waals surface area contributed by atoms with Gasteiger partial charge in [-0.25, -0.2) is 8.78 Å². The number of rotatable bonds is 9. The molecule has 0 unspecified atom stereocenters. The zero-order chi connectivity index (χ0) is 15.7. The number of methoxy groups -OCH3 is 1. The first-order valence-electron chi connectivity index (χ1n) is 6.54. The zero-order valence-corrected chi connectivity index (χ0v) is 13.3. The highest BCUT2D eigenvalue weighted by atomic mass is 35.5. The Bertz CT molecular complexity index is 462. The molecule has 1 amide bonds. The van der Waals surface area contributed by atoms with Crippen molar-refractivity contribution in [3.63, 3.8) is 0 Å². The van der Waals surface area contributed by atoms with Crippen LogP contribution in [0.15, 0.2) is 18.2 Å². The Morgan fingerprint density at radius 1 is 1.36 bits per heavy atom. The van der Waals surface area contributed by atoms with Crippen LogP contribution in [0.1, 0.15) is 5.56 Å². The molecule has 0 bridgehead atoms. The molecule has 0 aliphatic carbocycles. The zero-order valence-electron chi connectivity index (χ0n) is 12.5. The summed E-state index contributed by atoms with van der Waals surface area (Å²) in [6, 6.07) is 4.93. The first-order valence-corrected chi connectivity index (χ1v) is 6.54. The molecular weight excluding hydrogens is 318 g/mol. The molecule has 0 radical (unpaired) electrons. The predicted octanol–water partition coefficient (Wildman–Crippen LogP) is 2.24. The Kier molecular flexibility index (Phi) is 10.4. The van der Waals surface area contributed by atoms with Gasteiger partial charge in [-0.05, 0) is 18.6 Å². The van der Waals surface area contributed by atoms with E-state index >= 15 is 0 Å². The summed E-state index contributed by atoms with van der Waals surface area (Å²) in [5.41, 5.74) is 1.23. The number of aryl methyl sites for hydroxylation is 1. The third kappa shape index (κ3) is 8.11. The molecule has 8 heteroatoms. The molecule has 126 valence electrons. The molecule has 1 rings (SSSR count). The number of ether oxygens (including phenoxy) is 2. The quantitative estimate of drug-likeness (QED) is 0.678. The molecule has 0 aromatic heterocycles. The minimum atomic E-state index is -2.53.